The first-order valence-corrected chi connectivity index (χ1v) is 15.8. The molecular weight excluding hydrogens is 535 g/mol. The van der Waals surface area contributed by atoms with E-state index in [9.17, 15) is 9.46 Å². The maximum atomic E-state index is 13.8. The molecule has 0 bridgehead atoms. The summed E-state index contributed by atoms with van der Waals surface area (Å²) in [5.74, 6) is 2.14. The standard InChI is InChI=1S/C34H33O6P/c1-37-29-17-9-7-15-25(29)27-19-21-11-3-5-13-23(21)31-32-24-14-6-4-12-22(24)20-28(26-16-8-10-18-30(26)38-2)34(32)40-41(35,36)39-33(27)31/h7-10,15-20H,3-6,11-14H2,1-2H3,(H,35,36). The van der Waals surface area contributed by atoms with E-state index in [1.807, 2.05) is 48.5 Å². The third-order valence-corrected chi connectivity index (χ3v) is 9.49. The lowest BCUT2D eigenvalue weighted by Gasteiger charge is -2.28. The minimum absolute atomic E-state index is 0.393. The predicted molar refractivity (Wildman–Crippen MR) is 160 cm³/mol. The van der Waals surface area contributed by atoms with Crippen molar-refractivity contribution in [3.63, 3.8) is 0 Å². The van der Waals surface area contributed by atoms with Crippen molar-refractivity contribution in [1.82, 2.24) is 0 Å². The van der Waals surface area contributed by atoms with E-state index in [4.69, 9.17) is 18.5 Å². The Balaban J connectivity index is 1.65. The Morgan fingerprint density at radius 2 is 1.05 bits per heavy atom. The molecule has 0 amide bonds. The van der Waals surface area contributed by atoms with E-state index in [1.54, 1.807) is 14.2 Å². The number of ether oxygens (including phenoxy) is 2. The van der Waals surface area contributed by atoms with Crippen LogP contribution in [0, 0.1) is 0 Å². The molecule has 210 valence electrons. The van der Waals surface area contributed by atoms with Crippen molar-refractivity contribution in [1.29, 1.82) is 0 Å². The molecule has 7 rings (SSSR count). The highest BCUT2D eigenvalue weighted by atomic mass is 31.2. The summed E-state index contributed by atoms with van der Waals surface area (Å²) in [7, 11) is -1.31. The van der Waals surface area contributed by atoms with Gasteiger partial charge in [-0.2, -0.15) is 0 Å². The minimum atomic E-state index is -4.59. The Morgan fingerprint density at radius 3 is 1.49 bits per heavy atom. The molecule has 3 aliphatic rings. The molecule has 2 aliphatic carbocycles. The second kappa shape index (κ2) is 10.3. The SMILES string of the molecule is COc1ccccc1-c1cc2c(c3c1OP(=O)(O)Oc1c(-c4ccccc4OC)cc4c(c1-3)CCCC4)CCCC2. The monoisotopic (exact) mass is 568 g/mol. The topological polar surface area (TPSA) is 74.2 Å². The molecule has 0 atom stereocenters. The van der Waals surface area contributed by atoms with Crippen LogP contribution < -0.4 is 18.5 Å². The molecule has 41 heavy (non-hydrogen) atoms. The fraction of sp³-hybridized carbons (Fsp3) is 0.294. The van der Waals surface area contributed by atoms with Gasteiger partial charge in [0.2, 0.25) is 0 Å². The zero-order valence-corrected chi connectivity index (χ0v) is 24.3. The maximum Gasteiger partial charge on any atom is 0.584 e. The van der Waals surface area contributed by atoms with E-state index in [2.05, 4.69) is 12.1 Å². The molecule has 0 saturated heterocycles. The first-order valence-electron chi connectivity index (χ1n) is 14.4. The summed E-state index contributed by atoms with van der Waals surface area (Å²) in [4.78, 5) is 11.3. The van der Waals surface area contributed by atoms with Crippen LogP contribution in [-0.4, -0.2) is 19.1 Å². The summed E-state index contributed by atoms with van der Waals surface area (Å²) in [5, 5.41) is 0. The molecule has 0 unspecified atom stereocenters. The number of methoxy groups -OCH3 is 2. The van der Waals surface area contributed by atoms with Gasteiger partial charge in [0.1, 0.15) is 23.0 Å². The third-order valence-electron chi connectivity index (χ3n) is 8.66. The van der Waals surface area contributed by atoms with Crippen molar-refractivity contribution in [2.24, 2.45) is 0 Å². The molecule has 1 heterocycles. The van der Waals surface area contributed by atoms with Crippen LogP contribution in [0.5, 0.6) is 23.0 Å². The molecule has 0 saturated carbocycles. The van der Waals surface area contributed by atoms with E-state index < -0.39 is 7.82 Å². The van der Waals surface area contributed by atoms with Gasteiger partial charge in [-0.15, -0.1) is 0 Å². The number of hydrogen-bond donors (Lipinski definition) is 1. The number of phosphoric ester groups is 1. The van der Waals surface area contributed by atoms with Crippen molar-refractivity contribution in [2.75, 3.05) is 14.2 Å². The largest absolute Gasteiger partial charge is 0.584 e. The van der Waals surface area contributed by atoms with Crippen LogP contribution in [0.3, 0.4) is 0 Å². The van der Waals surface area contributed by atoms with Gasteiger partial charge in [-0.25, -0.2) is 4.57 Å². The van der Waals surface area contributed by atoms with Gasteiger partial charge in [0.15, 0.2) is 0 Å². The van der Waals surface area contributed by atoms with Gasteiger partial charge in [-0.1, -0.05) is 36.4 Å². The second-order valence-electron chi connectivity index (χ2n) is 11.0. The van der Waals surface area contributed by atoms with Crippen molar-refractivity contribution < 1.29 is 28.0 Å². The Hall–Kier alpha value is -3.73. The minimum Gasteiger partial charge on any atom is -0.496 e. The number of phosphoric acid groups is 1. The number of aryl methyl sites for hydroxylation is 2. The number of hydrogen-bond acceptors (Lipinski definition) is 5. The van der Waals surface area contributed by atoms with Gasteiger partial charge in [-0.3, -0.25) is 4.89 Å². The first-order chi connectivity index (χ1) is 20.0. The summed E-state index contributed by atoms with van der Waals surface area (Å²) in [6.07, 6.45) is 7.91. The number of fused-ring (bicyclic) bond motifs is 7. The van der Waals surface area contributed by atoms with Crippen molar-refractivity contribution in [2.45, 2.75) is 51.4 Å². The Kier molecular flexibility index (Phi) is 6.56. The Bertz CT molecular complexity index is 1600. The number of rotatable bonds is 4. The van der Waals surface area contributed by atoms with Gasteiger partial charge in [0.25, 0.3) is 0 Å². The molecular formula is C34H33O6P. The van der Waals surface area contributed by atoms with E-state index in [1.165, 1.54) is 22.3 Å². The summed E-state index contributed by atoms with van der Waals surface area (Å²) in [5.41, 5.74) is 9.75. The first kappa shape index (κ1) is 26.2. The van der Waals surface area contributed by atoms with Gasteiger partial charge in [-0.05, 0) is 97.9 Å². The molecule has 6 nitrogen and oxygen atoms in total. The number of para-hydroxylation sites is 2. The maximum absolute atomic E-state index is 13.8. The lowest BCUT2D eigenvalue weighted by molar-refractivity contribution is 0.295. The summed E-state index contributed by atoms with van der Waals surface area (Å²) < 4.78 is 37.6. The molecule has 0 aromatic heterocycles. The van der Waals surface area contributed by atoms with Crippen molar-refractivity contribution in [3.8, 4) is 56.4 Å². The highest BCUT2D eigenvalue weighted by Crippen LogP contribution is 2.62. The van der Waals surface area contributed by atoms with E-state index in [-0.39, 0.29) is 0 Å². The Morgan fingerprint density at radius 1 is 0.634 bits per heavy atom. The van der Waals surface area contributed by atoms with Crippen molar-refractivity contribution >= 4 is 7.82 Å². The molecule has 7 heteroatoms. The van der Waals surface area contributed by atoms with E-state index in [0.29, 0.717) is 23.0 Å². The number of benzene rings is 4. The van der Waals surface area contributed by atoms with Crippen LogP contribution in [-0.2, 0) is 30.2 Å². The van der Waals surface area contributed by atoms with Crippen LogP contribution >= 0.6 is 7.82 Å². The third kappa shape index (κ3) is 4.41. The lowest BCUT2D eigenvalue weighted by Crippen LogP contribution is -2.10. The highest BCUT2D eigenvalue weighted by molar-refractivity contribution is 7.48. The molecule has 4 aromatic carbocycles. The summed E-state index contributed by atoms with van der Waals surface area (Å²) in [6, 6.07) is 19.8. The van der Waals surface area contributed by atoms with Gasteiger partial charge >= 0.3 is 7.82 Å². The lowest BCUT2D eigenvalue weighted by atomic mass is 9.77. The van der Waals surface area contributed by atoms with Gasteiger partial charge < -0.3 is 18.5 Å². The van der Waals surface area contributed by atoms with Crippen LogP contribution in [0.4, 0.5) is 0 Å². The summed E-state index contributed by atoms with van der Waals surface area (Å²) in [6.45, 7) is 0. The molecule has 1 aliphatic heterocycles. The average Bonchev–Trinajstić information content (AvgIpc) is 3.13. The molecule has 0 radical (unpaired) electrons. The van der Waals surface area contributed by atoms with Gasteiger partial charge in [0.05, 0.1) is 14.2 Å². The molecule has 4 aromatic rings. The smallest absolute Gasteiger partial charge is 0.496 e. The fourth-order valence-corrected chi connectivity index (χ4v) is 7.75. The second-order valence-corrected chi connectivity index (χ2v) is 12.3. The zero-order valence-electron chi connectivity index (χ0n) is 23.4. The van der Waals surface area contributed by atoms with Crippen LogP contribution in [0.15, 0.2) is 60.7 Å². The predicted octanol–water partition coefficient (Wildman–Crippen LogP) is 8.33. The van der Waals surface area contributed by atoms with Crippen molar-refractivity contribution in [3.05, 3.63) is 82.9 Å². The van der Waals surface area contributed by atoms with Crippen LogP contribution in [0.1, 0.15) is 47.9 Å². The van der Waals surface area contributed by atoms with Crippen LogP contribution in [0.25, 0.3) is 33.4 Å². The highest BCUT2D eigenvalue weighted by Gasteiger charge is 2.40. The zero-order chi connectivity index (χ0) is 28.1. The van der Waals surface area contributed by atoms with E-state index >= 15 is 0 Å². The fourth-order valence-electron chi connectivity index (χ4n) is 6.87. The average molecular weight is 569 g/mol. The summed E-state index contributed by atoms with van der Waals surface area (Å²) >= 11 is 0. The molecule has 1 N–H and O–H groups in total. The van der Waals surface area contributed by atoms with Gasteiger partial charge in [0, 0.05) is 33.4 Å². The molecule has 0 fully saturated rings. The normalized spacial score (nSPS) is 16.6. The van der Waals surface area contributed by atoms with Crippen LogP contribution in [0.2, 0.25) is 0 Å². The van der Waals surface area contributed by atoms with E-state index in [0.717, 1.165) is 84.7 Å². The quantitative estimate of drug-likeness (QED) is 0.250. The Labute approximate surface area is 240 Å². The molecule has 0 spiro atoms.